The summed E-state index contributed by atoms with van der Waals surface area (Å²) in [6, 6.07) is 1.76. The number of aromatic carboxylic acids is 1. The van der Waals surface area contributed by atoms with Gasteiger partial charge in [0.15, 0.2) is 0 Å². The summed E-state index contributed by atoms with van der Waals surface area (Å²) in [5.41, 5.74) is -0.879. The first-order valence-corrected chi connectivity index (χ1v) is 4.51. The third kappa shape index (κ3) is 2.70. The number of carboxylic acids is 1. The molecule has 1 aromatic rings. The molecule has 0 aliphatic carbocycles. The van der Waals surface area contributed by atoms with Gasteiger partial charge in [0, 0.05) is 5.56 Å². The fraction of sp³-hybridized carbons (Fsp3) is 0.100. The smallest absolute Gasteiger partial charge is 0.341 e. The van der Waals surface area contributed by atoms with Crippen LogP contribution >= 0.6 is 12.6 Å². The molecule has 0 bridgehead atoms. The Morgan fingerprint density at radius 1 is 1.40 bits per heavy atom. The molecule has 0 amide bonds. The average molecular weight is 228 g/mol. The van der Waals surface area contributed by atoms with Crippen LogP contribution in [0.1, 0.15) is 15.9 Å². The van der Waals surface area contributed by atoms with Gasteiger partial charge in [-0.25, -0.2) is 13.6 Å². The molecule has 0 atom stereocenters. The van der Waals surface area contributed by atoms with Gasteiger partial charge in [-0.15, -0.1) is 0 Å². The van der Waals surface area contributed by atoms with Crippen LogP contribution in [-0.2, 0) is 0 Å². The second-order valence-corrected chi connectivity index (χ2v) is 2.90. The van der Waals surface area contributed by atoms with E-state index in [0.29, 0.717) is 0 Å². The molecule has 1 N–H and O–H groups in total. The van der Waals surface area contributed by atoms with Crippen molar-refractivity contribution in [3.05, 3.63) is 34.9 Å². The highest BCUT2D eigenvalue weighted by Gasteiger charge is 2.16. The van der Waals surface area contributed by atoms with Gasteiger partial charge in [0.05, 0.1) is 5.75 Å². The monoisotopic (exact) mass is 228 g/mol. The van der Waals surface area contributed by atoms with Gasteiger partial charge in [-0.1, -0.05) is 11.8 Å². The topological polar surface area (TPSA) is 37.3 Å². The third-order valence-electron chi connectivity index (χ3n) is 1.57. The molecule has 0 saturated heterocycles. The van der Waals surface area contributed by atoms with E-state index in [1.807, 2.05) is 0 Å². The standard InChI is InChI=1S/C10H6F2O2S/c11-7-4-6(2-1-3-15)5-8(12)9(7)10(13)14/h4-5,15H,3H2,(H,13,14). The molecule has 0 aromatic heterocycles. The Hall–Kier alpha value is -1.54. The van der Waals surface area contributed by atoms with Crippen LogP contribution < -0.4 is 0 Å². The van der Waals surface area contributed by atoms with Crippen LogP contribution in [0.4, 0.5) is 8.78 Å². The first-order chi connectivity index (χ1) is 7.06. The lowest BCUT2D eigenvalue weighted by Gasteiger charge is -1.99. The summed E-state index contributed by atoms with van der Waals surface area (Å²) in [4.78, 5) is 10.4. The minimum Gasteiger partial charge on any atom is -0.477 e. The van der Waals surface area contributed by atoms with Crippen molar-refractivity contribution in [1.29, 1.82) is 0 Å². The van der Waals surface area contributed by atoms with Crippen molar-refractivity contribution < 1.29 is 18.7 Å². The highest BCUT2D eigenvalue weighted by Crippen LogP contribution is 2.14. The van der Waals surface area contributed by atoms with Crippen molar-refractivity contribution in [2.45, 2.75) is 0 Å². The van der Waals surface area contributed by atoms with Crippen molar-refractivity contribution in [1.82, 2.24) is 0 Å². The number of hydrogen-bond donors (Lipinski definition) is 2. The fourth-order valence-corrected chi connectivity index (χ4v) is 1.07. The van der Waals surface area contributed by atoms with E-state index in [4.69, 9.17) is 5.11 Å². The fourth-order valence-electron chi connectivity index (χ4n) is 0.991. The van der Waals surface area contributed by atoms with Crippen molar-refractivity contribution in [2.24, 2.45) is 0 Å². The molecule has 15 heavy (non-hydrogen) atoms. The predicted molar refractivity (Wildman–Crippen MR) is 54.0 cm³/mol. The molecule has 0 saturated carbocycles. The highest BCUT2D eigenvalue weighted by molar-refractivity contribution is 7.80. The lowest BCUT2D eigenvalue weighted by Crippen LogP contribution is -2.05. The average Bonchev–Trinajstić information content (AvgIpc) is 2.12. The van der Waals surface area contributed by atoms with Crippen LogP contribution in [0.25, 0.3) is 0 Å². The van der Waals surface area contributed by atoms with E-state index in [9.17, 15) is 13.6 Å². The molecule has 1 aromatic carbocycles. The normalized spacial score (nSPS) is 9.27. The van der Waals surface area contributed by atoms with Crippen molar-refractivity contribution in [3.63, 3.8) is 0 Å². The van der Waals surface area contributed by atoms with Crippen molar-refractivity contribution in [2.75, 3.05) is 5.75 Å². The van der Waals surface area contributed by atoms with E-state index < -0.39 is 23.2 Å². The number of halogens is 2. The quantitative estimate of drug-likeness (QED) is 0.569. The van der Waals surface area contributed by atoms with E-state index in [1.165, 1.54) is 0 Å². The number of carbonyl (C=O) groups is 1. The Balaban J connectivity index is 3.25. The minimum absolute atomic E-state index is 0.0871. The van der Waals surface area contributed by atoms with Gasteiger partial charge in [-0.2, -0.15) is 12.6 Å². The summed E-state index contributed by atoms with van der Waals surface area (Å²) >= 11 is 3.80. The Morgan fingerprint density at radius 3 is 2.33 bits per heavy atom. The molecule has 0 unspecified atom stereocenters. The van der Waals surface area contributed by atoms with Gasteiger partial charge in [-0.3, -0.25) is 0 Å². The third-order valence-corrected chi connectivity index (χ3v) is 1.73. The summed E-state index contributed by atoms with van der Waals surface area (Å²) in [5.74, 6) is 1.29. The second kappa shape index (κ2) is 4.80. The molecule has 78 valence electrons. The molecular formula is C10H6F2O2S. The summed E-state index contributed by atoms with van der Waals surface area (Å²) in [6.07, 6.45) is 0. The van der Waals surface area contributed by atoms with Crippen molar-refractivity contribution in [3.8, 4) is 11.8 Å². The van der Waals surface area contributed by atoms with Gasteiger partial charge in [0.25, 0.3) is 0 Å². The maximum Gasteiger partial charge on any atom is 0.341 e. The zero-order valence-electron chi connectivity index (χ0n) is 7.42. The second-order valence-electron chi connectivity index (χ2n) is 2.58. The Morgan fingerprint density at radius 2 is 1.93 bits per heavy atom. The first kappa shape index (κ1) is 11.5. The Labute approximate surface area is 90.3 Å². The molecule has 0 aliphatic rings. The first-order valence-electron chi connectivity index (χ1n) is 3.88. The molecule has 2 nitrogen and oxygen atoms in total. The van der Waals surface area contributed by atoms with Gasteiger partial charge in [0.1, 0.15) is 17.2 Å². The lowest BCUT2D eigenvalue weighted by atomic mass is 10.1. The molecular weight excluding hydrogens is 222 g/mol. The molecule has 1 rings (SSSR count). The van der Waals surface area contributed by atoms with Gasteiger partial charge < -0.3 is 5.11 Å². The molecule has 5 heteroatoms. The van der Waals surface area contributed by atoms with Crippen molar-refractivity contribution >= 4 is 18.6 Å². The lowest BCUT2D eigenvalue weighted by molar-refractivity contribution is 0.0686. The highest BCUT2D eigenvalue weighted by atomic mass is 32.1. The summed E-state index contributed by atoms with van der Waals surface area (Å²) in [5, 5.41) is 8.49. The summed E-state index contributed by atoms with van der Waals surface area (Å²) in [7, 11) is 0. The number of hydrogen-bond acceptors (Lipinski definition) is 2. The zero-order valence-corrected chi connectivity index (χ0v) is 8.31. The van der Waals surface area contributed by atoms with Crippen LogP contribution in [0.5, 0.6) is 0 Å². The minimum atomic E-state index is -1.64. The number of thiol groups is 1. The van der Waals surface area contributed by atoms with Gasteiger partial charge in [-0.05, 0) is 12.1 Å². The van der Waals surface area contributed by atoms with Gasteiger partial charge in [0.2, 0.25) is 0 Å². The van der Waals surface area contributed by atoms with Crippen LogP contribution in [0.3, 0.4) is 0 Å². The van der Waals surface area contributed by atoms with Crippen LogP contribution in [0.2, 0.25) is 0 Å². The van der Waals surface area contributed by atoms with E-state index in [0.717, 1.165) is 12.1 Å². The van der Waals surface area contributed by atoms with E-state index in [-0.39, 0.29) is 11.3 Å². The molecule has 0 fully saturated rings. The molecule has 0 heterocycles. The SMILES string of the molecule is O=C(O)c1c(F)cc(C#CCS)cc1F. The van der Waals surface area contributed by atoms with Crippen LogP contribution in [0.15, 0.2) is 12.1 Å². The van der Waals surface area contributed by atoms with E-state index in [2.05, 4.69) is 24.5 Å². The molecule has 0 radical (unpaired) electrons. The van der Waals surface area contributed by atoms with E-state index >= 15 is 0 Å². The van der Waals surface area contributed by atoms with Crippen LogP contribution in [0, 0.1) is 23.5 Å². The Kier molecular flexibility index (Phi) is 3.69. The maximum atomic E-state index is 13.1. The maximum absolute atomic E-state index is 13.1. The van der Waals surface area contributed by atoms with E-state index in [1.54, 1.807) is 0 Å². The predicted octanol–water partition coefficient (Wildman–Crippen LogP) is 1.94. The summed E-state index contributed by atoms with van der Waals surface area (Å²) < 4.78 is 26.2. The largest absolute Gasteiger partial charge is 0.477 e. The van der Waals surface area contributed by atoms with Gasteiger partial charge >= 0.3 is 5.97 Å². The Bertz CT molecular complexity index is 437. The molecule has 0 aliphatic heterocycles. The summed E-state index contributed by atoms with van der Waals surface area (Å²) in [6.45, 7) is 0. The number of carboxylic acid groups (broad SMARTS) is 1. The van der Waals surface area contributed by atoms with Crippen LogP contribution in [-0.4, -0.2) is 16.8 Å². The molecule has 0 spiro atoms. The number of benzene rings is 1. The number of rotatable bonds is 1. The zero-order chi connectivity index (χ0) is 11.4.